The zero-order valence-corrected chi connectivity index (χ0v) is 13.2. The van der Waals surface area contributed by atoms with Gasteiger partial charge in [-0.3, -0.25) is 14.8 Å². The van der Waals surface area contributed by atoms with Crippen molar-refractivity contribution in [2.75, 3.05) is 5.73 Å². The van der Waals surface area contributed by atoms with Gasteiger partial charge in [0.2, 0.25) is 0 Å². The third-order valence-corrected chi connectivity index (χ3v) is 4.08. The van der Waals surface area contributed by atoms with Crippen LogP contribution in [0.25, 0.3) is 0 Å². The summed E-state index contributed by atoms with van der Waals surface area (Å²) in [6.07, 6.45) is 9.81. The van der Waals surface area contributed by atoms with Crippen LogP contribution in [0.3, 0.4) is 0 Å². The highest BCUT2D eigenvalue weighted by molar-refractivity contribution is 5.98. The lowest BCUT2D eigenvalue weighted by molar-refractivity contribution is 0.0940. The molecule has 1 atom stereocenters. The van der Waals surface area contributed by atoms with Crippen molar-refractivity contribution >= 4 is 11.7 Å². The van der Waals surface area contributed by atoms with E-state index in [9.17, 15) is 4.79 Å². The number of carbonyl (C=O) groups is 1. The largest absolute Gasteiger partial charge is 0.383 e. The van der Waals surface area contributed by atoms with E-state index in [1.54, 1.807) is 18.6 Å². The molecule has 6 nitrogen and oxygen atoms in total. The first-order valence-electron chi connectivity index (χ1n) is 7.97. The molecule has 0 aromatic carbocycles. The van der Waals surface area contributed by atoms with Gasteiger partial charge in [0, 0.05) is 36.7 Å². The molecule has 1 amide bonds. The number of fused-ring (bicyclic) bond motifs is 1. The number of nitrogen functional groups attached to an aromatic ring is 1. The highest BCUT2D eigenvalue weighted by atomic mass is 16.1. The average Bonchev–Trinajstić information content (AvgIpc) is 2.55. The third-order valence-electron chi connectivity index (χ3n) is 4.08. The molecule has 0 fully saturated rings. The summed E-state index contributed by atoms with van der Waals surface area (Å²) in [5.74, 6) is 0.134. The Morgan fingerprint density at radius 1 is 1.35 bits per heavy atom. The molecule has 0 saturated carbocycles. The minimum atomic E-state index is -0.181. The van der Waals surface area contributed by atoms with Gasteiger partial charge in [-0.25, -0.2) is 4.98 Å². The van der Waals surface area contributed by atoms with Crippen molar-refractivity contribution in [3.8, 4) is 0 Å². The lowest BCUT2D eigenvalue weighted by atomic mass is 9.94. The number of aromatic nitrogens is 3. The van der Waals surface area contributed by atoms with Gasteiger partial charge < -0.3 is 11.1 Å². The van der Waals surface area contributed by atoms with Crippen molar-refractivity contribution < 1.29 is 4.79 Å². The van der Waals surface area contributed by atoms with Crippen molar-refractivity contribution in [1.82, 2.24) is 20.3 Å². The molecule has 2 aromatic rings. The molecule has 3 rings (SSSR count). The van der Waals surface area contributed by atoms with Gasteiger partial charge >= 0.3 is 0 Å². The number of nitrogens with one attached hydrogen (secondary N) is 1. The summed E-state index contributed by atoms with van der Waals surface area (Å²) in [6, 6.07) is 1.84. The summed E-state index contributed by atoms with van der Waals surface area (Å²) in [5, 5.41) is 2.97. The summed E-state index contributed by atoms with van der Waals surface area (Å²) < 4.78 is 0. The first-order valence-corrected chi connectivity index (χ1v) is 7.97. The second kappa shape index (κ2) is 6.73. The number of anilines is 1. The van der Waals surface area contributed by atoms with Crippen LogP contribution in [0.2, 0.25) is 0 Å². The van der Waals surface area contributed by atoms with E-state index in [0.717, 1.165) is 42.6 Å². The van der Waals surface area contributed by atoms with Gasteiger partial charge in [0.15, 0.2) is 0 Å². The molecular formula is C17H21N5O. The van der Waals surface area contributed by atoms with Crippen molar-refractivity contribution in [3.05, 3.63) is 47.2 Å². The molecule has 0 spiro atoms. The monoisotopic (exact) mass is 311 g/mol. The summed E-state index contributed by atoms with van der Waals surface area (Å²) in [5.41, 5.74) is 9.48. The van der Waals surface area contributed by atoms with Crippen molar-refractivity contribution in [2.45, 2.75) is 45.1 Å². The number of carbonyl (C=O) groups excluding carboxylic acids is 1. The molecule has 0 aliphatic heterocycles. The van der Waals surface area contributed by atoms with Crippen LogP contribution in [0.4, 0.5) is 5.82 Å². The first kappa shape index (κ1) is 15.4. The van der Waals surface area contributed by atoms with Crippen LogP contribution in [0.1, 0.15) is 47.1 Å². The van der Waals surface area contributed by atoms with Gasteiger partial charge in [-0.2, -0.15) is 0 Å². The molecule has 1 aliphatic carbocycles. The SMILES string of the molecule is CC(Cc1cnccn1)NC(=O)c1cc2c(nc1N)CCCC2. The minimum absolute atomic E-state index is 0.0605. The molecule has 0 bridgehead atoms. The number of amides is 1. The number of pyridine rings is 1. The van der Waals surface area contributed by atoms with E-state index in [-0.39, 0.29) is 11.9 Å². The second-order valence-electron chi connectivity index (χ2n) is 6.01. The molecule has 2 heterocycles. The zero-order chi connectivity index (χ0) is 16.2. The van der Waals surface area contributed by atoms with Crippen molar-refractivity contribution in [3.63, 3.8) is 0 Å². The molecule has 23 heavy (non-hydrogen) atoms. The van der Waals surface area contributed by atoms with Crippen LogP contribution in [0, 0.1) is 0 Å². The van der Waals surface area contributed by atoms with E-state index in [1.807, 2.05) is 13.0 Å². The summed E-state index contributed by atoms with van der Waals surface area (Å²) in [4.78, 5) is 25.2. The normalized spacial score (nSPS) is 14.8. The van der Waals surface area contributed by atoms with Crippen molar-refractivity contribution in [2.24, 2.45) is 0 Å². The van der Waals surface area contributed by atoms with Crippen molar-refractivity contribution in [1.29, 1.82) is 0 Å². The Morgan fingerprint density at radius 2 is 2.17 bits per heavy atom. The highest BCUT2D eigenvalue weighted by Crippen LogP contribution is 2.23. The van der Waals surface area contributed by atoms with Gasteiger partial charge in [-0.1, -0.05) is 0 Å². The molecule has 1 aliphatic rings. The maximum Gasteiger partial charge on any atom is 0.255 e. The Kier molecular flexibility index (Phi) is 4.50. The lowest BCUT2D eigenvalue weighted by Gasteiger charge is -2.18. The Hall–Kier alpha value is -2.50. The number of nitrogens with zero attached hydrogens (tertiary/aromatic N) is 3. The van der Waals surface area contributed by atoms with E-state index in [4.69, 9.17) is 5.73 Å². The summed E-state index contributed by atoms with van der Waals surface area (Å²) in [7, 11) is 0. The molecular weight excluding hydrogens is 290 g/mol. The van der Waals surface area contributed by atoms with Gasteiger partial charge in [0.25, 0.3) is 5.91 Å². The second-order valence-corrected chi connectivity index (χ2v) is 6.01. The molecule has 0 saturated heterocycles. The van der Waals surface area contributed by atoms with Crippen LogP contribution < -0.4 is 11.1 Å². The topological polar surface area (TPSA) is 93.8 Å². The molecule has 3 N–H and O–H groups in total. The standard InChI is InChI=1S/C17H21N5O/c1-11(8-13-10-19-6-7-20-13)21-17(23)14-9-12-4-2-3-5-15(12)22-16(14)18/h6-7,9-11H,2-5,8H2,1H3,(H2,18,22)(H,21,23). The van der Waals surface area contributed by atoms with Crippen LogP contribution in [0.5, 0.6) is 0 Å². The number of aryl methyl sites for hydroxylation is 2. The average molecular weight is 311 g/mol. The van der Waals surface area contributed by atoms with Gasteiger partial charge in [0.05, 0.1) is 11.3 Å². The van der Waals surface area contributed by atoms with Crippen LogP contribution in [0.15, 0.2) is 24.7 Å². The quantitative estimate of drug-likeness (QED) is 0.896. The third kappa shape index (κ3) is 3.64. The maximum absolute atomic E-state index is 12.5. The van der Waals surface area contributed by atoms with E-state index < -0.39 is 0 Å². The number of rotatable bonds is 4. The molecule has 120 valence electrons. The van der Waals surface area contributed by atoms with E-state index in [0.29, 0.717) is 17.8 Å². The van der Waals surface area contributed by atoms with E-state index in [2.05, 4.69) is 20.3 Å². The van der Waals surface area contributed by atoms with Crippen LogP contribution in [-0.2, 0) is 19.3 Å². The van der Waals surface area contributed by atoms with Crippen LogP contribution in [-0.4, -0.2) is 26.9 Å². The Morgan fingerprint density at radius 3 is 2.96 bits per heavy atom. The molecule has 6 heteroatoms. The number of nitrogens with two attached hydrogens (primary N) is 1. The van der Waals surface area contributed by atoms with Gasteiger partial charge in [0.1, 0.15) is 5.82 Å². The first-order chi connectivity index (χ1) is 11.1. The number of hydrogen-bond acceptors (Lipinski definition) is 5. The zero-order valence-electron chi connectivity index (χ0n) is 13.2. The van der Waals surface area contributed by atoms with Gasteiger partial charge in [-0.05, 0) is 44.2 Å². The lowest BCUT2D eigenvalue weighted by Crippen LogP contribution is -2.35. The fraction of sp³-hybridized carbons (Fsp3) is 0.412. The summed E-state index contributed by atoms with van der Waals surface area (Å²) in [6.45, 7) is 1.94. The summed E-state index contributed by atoms with van der Waals surface area (Å²) >= 11 is 0. The Balaban J connectivity index is 1.70. The van der Waals surface area contributed by atoms with E-state index >= 15 is 0 Å². The highest BCUT2D eigenvalue weighted by Gasteiger charge is 2.19. The van der Waals surface area contributed by atoms with E-state index in [1.165, 1.54) is 0 Å². The van der Waals surface area contributed by atoms with Crippen LogP contribution >= 0.6 is 0 Å². The minimum Gasteiger partial charge on any atom is -0.383 e. The Labute approximate surface area is 135 Å². The smallest absolute Gasteiger partial charge is 0.255 e. The van der Waals surface area contributed by atoms with Gasteiger partial charge in [-0.15, -0.1) is 0 Å². The predicted molar refractivity (Wildman–Crippen MR) is 88.0 cm³/mol. The molecule has 0 radical (unpaired) electrons. The molecule has 1 unspecified atom stereocenters. The predicted octanol–water partition coefficient (Wildman–Crippen LogP) is 1.69. The fourth-order valence-corrected chi connectivity index (χ4v) is 2.93. The fourth-order valence-electron chi connectivity index (χ4n) is 2.93. The molecule has 2 aromatic heterocycles. The Bertz CT molecular complexity index is 702. The maximum atomic E-state index is 12.5. The number of hydrogen-bond donors (Lipinski definition) is 2.